The van der Waals surface area contributed by atoms with Crippen molar-refractivity contribution in [1.29, 1.82) is 0 Å². The zero-order valence-corrected chi connectivity index (χ0v) is 23.3. The van der Waals surface area contributed by atoms with Gasteiger partial charge in [-0.05, 0) is 68.7 Å². The van der Waals surface area contributed by atoms with Gasteiger partial charge in [-0.25, -0.2) is 0 Å². The zero-order chi connectivity index (χ0) is 27.1. The van der Waals surface area contributed by atoms with Crippen molar-refractivity contribution in [3.05, 3.63) is 87.1 Å². The first-order valence-corrected chi connectivity index (χ1v) is 14.0. The van der Waals surface area contributed by atoms with Crippen LogP contribution >= 0.6 is 11.3 Å². The van der Waals surface area contributed by atoms with Crippen LogP contribution in [0.15, 0.2) is 60.7 Å². The molecule has 38 heavy (non-hydrogen) atoms. The van der Waals surface area contributed by atoms with Gasteiger partial charge in [-0.15, -0.1) is 11.3 Å². The lowest BCUT2D eigenvalue weighted by atomic mass is 9.93. The Morgan fingerprint density at radius 3 is 2.58 bits per heavy atom. The van der Waals surface area contributed by atoms with Crippen LogP contribution in [0.5, 0.6) is 5.75 Å². The lowest BCUT2D eigenvalue weighted by molar-refractivity contribution is -0.127. The molecular formula is C30H38N4O3S. The van der Waals surface area contributed by atoms with E-state index < -0.39 is 6.04 Å². The van der Waals surface area contributed by atoms with E-state index in [1.165, 1.54) is 9.75 Å². The topological polar surface area (TPSA) is 87.9 Å². The summed E-state index contributed by atoms with van der Waals surface area (Å²) in [7, 11) is 1.68. The SMILES string of the molecule is COc1cccc(CN(Cc2ccc(C)s2)C2CCN(C(=O)c3ccc(C)cc3)[C@@H](C(=O)NCCN)C2)c1. The molecule has 3 N–H and O–H groups in total. The maximum atomic E-state index is 13.5. The maximum absolute atomic E-state index is 13.5. The normalized spacial score (nSPS) is 17.4. The monoisotopic (exact) mass is 534 g/mol. The van der Waals surface area contributed by atoms with Crippen LogP contribution in [0, 0.1) is 13.8 Å². The Hall–Kier alpha value is -3.20. The molecule has 0 saturated carbocycles. The van der Waals surface area contributed by atoms with Crippen LogP contribution in [0.4, 0.5) is 0 Å². The number of rotatable bonds is 10. The molecule has 2 heterocycles. The van der Waals surface area contributed by atoms with Crippen molar-refractivity contribution in [3.63, 3.8) is 0 Å². The van der Waals surface area contributed by atoms with E-state index in [1.54, 1.807) is 23.3 Å². The van der Waals surface area contributed by atoms with E-state index in [-0.39, 0.29) is 17.9 Å². The second-order valence-electron chi connectivity index (χ2n) is 9.91. The lowest BCUT2D eigenvalue weighted by Crippen LogP contribution is -2.57. The number of likely N-dealkylation sites (tertiary alicyclic amines) is 1. The van der Waals surface area contributed by atoms with Gasteiger partial charge in [0, 0.05) is 54.1 Å². The number of nitrogens with one attached hydrogen (secondary N) is 1. The van der Waals surface area contributed by atoms with Crippen LogP contribution in [0.1, 0.15) is 44.1 Å². The van der Waals surface area contributed by atoms with E-state index in [1.807, 2.05) is 43.3 Å². The summed E-state index contributed by atoms with van der Waals surface area (Å²) in [6.07, 6.45) is 1.34. The predicted octanol–water partition coefficient (Wildman–Crippen LogP) is 4.12. The highest BCUT2D eigenvalue weighted by atomic mass is 32.1. The number of ether oxygens (including phenoxy) is 1. The van der Waals surface area contributed by atoms with Gasteiger partial charge in [-0.3, -0.25) is 14.5 Å². The molecule has 1 aliphatic heterocycles. The molecule has 3 aromatic rings. The van der Waals surface area contributed by atoms with Crippen LogP contribution < -0.4 is 15.8 Å². The molecule has 1 fully saturated rings. The van der Waals surface area contributed by atoms with Crippen LogP contribution in [0.2, 0.25) is 0 Å². The lowest BCUT2D eigenvalue weighted by Gasteiger charge is -2.43. The first-order valence-electron chi connectivity index (χ1n) is 13.2. The average molecular weight is 535 g/mol. The van der Waals surface area contributed by atoms with Gasteiger partial charge >= 0.3 is 0 Å². The summed E-state index contributed by atoms with van der Waals surface area (Å²) in [5.74, 6) is 0.574. The van der Waals surface area contributed by atoms with Crippen molar-refractivity contribution >= 4 is 23.2 Å². The molecule has 2 aromatic carbocycles. The Labute approximate surface area is 229 Å². The smallest absolute Gasteiger partial charge is 0.254 e. The third-order valence-corrected chi connectivity index (χ3v) is 8.06. The van der Waals surface area contributed by atoms with E-state index in [0.717, 1.165) is 36.4 Å². The number of amides is 2. The van der Waals surface area contributed by atoms with Crippen molar-refractivity contribution in [1.82, 2.24) is 15.1 Å². The minimum Gasteiger partial charge on any atom is -0.497 e. The number of hydrogen-bond acceptors (Lipinski definition) is 6. The van der Waals surface area contributed by atoms with Crippen molar-refractivity contribution in [2.45, 2.75) is 51.9 Å². The van der Waals surface area contributed by atoms with Gasteiger partial charge in [0.2, 0.25) is 5.91 Å². The van der Waals surface area contributed by atoms with E-state index in [4.69, 9.17) is 10.5 Å². The minimum atomic E-state index is -0.563. The highest BCUT2D eigenvalue weighted by molar-refractivity contribution is 7.11. The number of methoxy groups -OCH3 is 1. The molecule has 2 amide bonds. The number of carbonyl (C=O) groups is 2. The molecule has 8 heteroatoms. The standard InChI is InChI=1S/C30H38N4O3S/c1-21-7-10-24(11-8-21)30(36)34-16-13-25(18-28(34)29(35)32-15-14-31)33(20-27-12-9-22(2)38-27)19-23-5-4-6-26(17-23)37-3/h4-12,17,25,28H,13-16,18-20,31H2,1-3H3,(H,32,35)/t25?,28-/m1/s1. The Morgan fingerprint density at radius 2 is 1.89 bits per heavy atom. The molecule has 0 aliphatic carbocycles. The number of nitrogens with two attached hydrogens (primary N) is 1. The molecule has 0 bridgehead atoms. The summed E-state index contributed by atoms with van der Waals surface area (Å²) >= 11 is 1.80. The van der Waals surface area contributed by atoms with Gasteiger partial charge in [0.05, 0.1) is 7.11 Å². The third kappa shape index (κ3) is 7.01. The van der Waals surface area contributed by atoms with Gasteiger partial charge in [0.25, 0.3) is 5.91 Å². The molecule has 0 radical (unpaired) electrons. The van der Waals surface area contributed by atoms with Crippen molar-refractivity contribution in [3.8, 4) is 5.75 Å². The van der Waals surface area contributed by atoms with Crippen molar-refractivity contribution < 1.29 is 14.3 Å². The zero-order valence-electron chi connectivity index (χ0n) is 22.5. The Kier molecular flexibility index (Phi) is 9.55. The van der Waals surface area contributed by atoms with Crippen LogP contribution in [-0.4, -0.2) is 60.4 Å². The molecule has 202 valence electrons. The third-order valence-electron chi connectivity index (χ3n) is 7.07. The fourth-order valence-electron chi connectivity index (χ4n) is 5.03. The van der Waals surface area contributed by atoms with Gasteiger partial charge < -0.3 is 20.7 Å². The second-order valence-corrected chi connectivity index (χ2v) is 11.3. The summed E-state index contributed by atoms with van der Waals surface area (Å²) in [5, 5.41) is 2.93. The molecule has 1 aromatic heterocycles. The van der Waals surface area contributed by atoms with Gasteiger partial charge in [-0.1, -0.05) is 29.8 Å². The fraction of sp³-hybridized carbons (Fsp3) is 0.400. The molecule has 1 aliphatic rings. The predicted molar refractivity (Wildman–Crippen MR) is 152 cm³/mol. The molecule has 2 atom stereocenters. The number of thiophene rings is 1. The first-order chi connectivity index (χ1) is 18.4. The Balaban J connectivity index is 1.60. The summed E-state index contributed by atoms with van der Waals surface area (Å²) in [4.78, 5) is 33.6. The quantitative estimate of drug-likeness (QED) is 0.409. The number of benzene rings is 2. The number of carbonyl (C=O) groups excluding carboxylic acids is 2. The van der Waals surface area contributed by atoms with Crippen LogP contribution in [0.25, 0.3) is 0 Å². The molecule has 4 rings (SSSR count). The Bertz CT molecular complexity index is 1230. The average Bonchev–Trinajstić information content (AvgIpc) is 3.35. The maximum Gasteiger partial charge on any atom is 0.254 e. The van der Waals surface area contributed by atoms with Crippen LogP contribution in [-0.2, 0) is 17.9 Å². The Morgan fingerprint density at radius 1 is 1.11 bits per heavy atom. The molecule has 7 nitrogen and oxygen atoms in total. The van der Waals surface area contributed by atoms with E-state index in [9.17, 15) is 9.59 Å². The fourth-order valence-corrected chi connectivity index (χ4v) is 5.95. The number of aryl methyl sites for hydroxylation is 2. The number of nitrogens with zero attached hydrogens (tertiary/aromatic N) is 2. The van der Waals surface area contributed by atoms with Crippen molar-refractivity contribution in [2.24, 2.45) is 5.73 Å². The molecule has 1 unspecified atom stereocenters. The summed E-state index contributed by atoms with van der Waals surface area (Å²) < 4.78 is 5.46. The largest absolute Gasteiger partial charge is 0.497 e. The van der Waals surface area contributed by atoms with Crippen LogP contribution in [0.3, 0.4) is 0 Å². The molecule has 1 saturated heterocycles. The van der Waals surface area contributed by atoms with E-state index in [0.29, 0.717) is 31.6 Å². The second kappa shape index (κ2) is 13.0. The highest BCUT2D eigenvalue weighted by Gasteiger charge is 2.38. The minimum absolute atomic E-state index is 0.107. The molecule has 0 spiro atoms. The number of piperidine rings is 1. The van der Waals surface area contributed by atoms with Crippen molar-refractivity contribution in [2.75, 3.05) is 26.7 Å². The number of hydrogen-bond donors (Lipinski definition) is 2. The van der Waals surface area contributed by atoms with Gasteiger partial charge in [-0.2, -0.15) is 0 Å². The summed E-state index contributed by atoms with van der Waals surface area (Å²) in [6, 6.07) is 19.6. The van der Waals surface area contributed by atoms with Gasteiger partial charge in [0.1, 0.15) is 11.8 Å². The summed E-state index contributed by atoms with van der Waals surface area (Å²) in [5.41, 5.74) is 8.52. The highest BCUT2D eigenvalue weighted by Crippen LogP contribution is 2.29. The molecular weight excluding hydrogens is 496 g/mol. The van der Waals surface area contributed by atoms with E-state index >= 15 is 0 Å². The first kappa shape index (κ1) is 27.8. The summed E-state index contributed by atoms with van der Waals surface area (Å²) in [6.45, 7) is 6.87. The van der Waals surface area contributed by atoms with Gasteiger partial charge in [0.15, 0.2) is 0 Å². The van der Waals surface area contributed by atoms with E-state index in [2.05, 4.69) is 41.4 Å².